The number of nitrogens with zero attached hydrogens (tertiary/aromatic N) is 1. The number of hydrogen-bond donors (Lipinski definition) is 0. The summed E-state index contributed by atoms with van der Waals surface area (Å²) >= 11 is 3.48. The quantitative estimate of drug-likeness (QED) is 0.150. The van der Waals surface area contributed by atoms with Gasteiger partial charge in [-0.25, -0.2) is 4.79 Å². The second-order valence-corrected chi connectivity index (χ2v) is 8.38. The van der Waals surface area contributed by atoms with E-state index >= 15 is 0 Å². The minimum atomic E-state index is -0.384. The van der Waals surface area contributed by atoms with Crippen molar-refractivity contribution in [3.8, 4) is 0 Å². The first kappa shape index (κ1) is 23.5. The molecule has 0 saturated heterocycles. The molecule has 0 spiro atoms. The third-order valence-electron chi connectivity index (χ3n) is 5.32. The van der Waals surface area contributed by atoms with Gasteiger partial charge < -0.3 is 11.0 Å². The van der Waals surface area contributed by atoms with Crippen molar-refractivity contribution in [3.05, 3.63) is 0 Å². The van der Waals surface area contributed by atoms with E-state index in [1.807, 2.05) is 0 Å². The van der Waals surface area contributed by atoms with E-state index in [0.29, 0.717) is 18.2 Å². The molecule has 140 valence electrons. The Hall–Kier alpha value is 0.420. The largest absolute Gasteiger partial charge is 1.00 e. The van der Waals surface area contributed by atoms with Crippen molar-refractivity contribution in [1.82, 2.24) is 0 Å². The van der Waals surface area contributed by atoms with E-state index in [9.17, 15) is 4.79 Å². The maximum absolute atomic E-state index is 12.0. The van der Waals surface area contributed by atoms with E-state index in [-0.39, 0.29) is 42.0 Å². The first-order valence-corrected chi connectivity index (χ1v) is 10.6. The van der Waals surface area contributed by atoms with Crippen LogP contribution in [-0.4, -0.2) is 23.3 Å². The molecule has 2 rings (SSSR count). The third-order valence-corrected chi connectivity index (χ3v) is 5.88. The summed E-state index contributed by atoms with van der Waals surface area (Å²) in [7, 11) is 0. The SMILES string of the molecule is CC(=NOCCC1CCCCC1)C(=O)OC(Br)CC1CCCCC1.[H-].[Na+]. The van der Waals surface area contributed by atoms with Crippen LogP contribution >= 0.6 is 15.9 Å². The summed E-state index contributed by atoms with van der Waals surface area (Å²) in [5.41, 5.74) is 0.298. The Kier molecular flexibility index (Phi) is 12.7. The molecule has 0 aromatic heterocycles. The summed E-state index contributed by atoms with van der Waals surface area (Å²) in [5.74, 6) is 1.05. The standard InChI is InChI=1S/C19H32BrNO3.Na.H/c1-15(21-23-13-12-16-8-4-2-5-9-16)19(22)24-18(20)14-17-10-6-3-7-11-17;;/h16-18H,2-14H2,1H3;;/q;+1;-1. The summed E-state index contributed by atoms with van der Waals surface area (Å²) in [6.45, 7) is 2.25. The van der Waals surface area contributed by atoms with Gasteiger partial charge >= 0.3 is 35.5 Å². The minimum absolute atomic E-state index is 0. The fraction of sp³-hybridized carbons (Fsp3) is 0.895. The van der Waals surface area contributed by atoms with Crippen LogP contribution in [0.25, 0.3) is 0 Å². The zero-order valence-electron chi connectivity index (χ0n) is 17.0. The second kappa shape index (κ2) is 13.6. The van der Waals surface area contributed by atoms with Gasteiger partial charge in [-0.1, -0.05) is 69.4 Å². The Balaban J connectivity index is 0.00000312. The predicted octanol–water partition coefficient (Wildman–Crippen LogP) is 2.70. The summed E-state index contributed by atoms with van der Waals surface area (Å²) in [5, 5.41) is 3.71. The van der Waals surface area contributed by atoms with Crippen molar-refractivity contribution < 1.29 is 45.4 Å². The van der Waals surface area contributed by atoms with Gasteiger partial charge in [-0.05, 0) is 47.5 Å². The van der Waals surface area contributed by atoms with E-state index in [1.165, 1.54) is 64.2 Å². The number of ether oxygens (including phenoxy) is 1. The Bertz CT molecular complexity index is 414. The molecule has 0 bridgehead atoms. The topological polar surface area (TPSA) is 47.9 Å². The Labute approximate surface area is 184 Å². The average molecular weight is 426 g/mol. The molecule has 0 aliphatic heterocycles. The molecule has 2 fully saturated rings. The number of esters is 1. The van der Waals surface area contributed by atoms with Crippen LogP contribution in [0, 0.1) is 11.8 Å². The molecule has 0 heterocycles. The van der Waals surface area contributed by atoms with E-state index in [0.717, 1.165) is 18.8 Å². The van der Waals surface area contributed by atoms with Crippen molar-refractivity contribution in [2.75, 3.05) is 6.61 Å². The van der Waals surface area contributed by atoms with Crippen LogP contribution in [0.5, 0.6) is 0 Å². The Morgan fingerprint density at radius 2 is 1.64 bits per heavy atom. The smallest absolute Gasteiger partial charge is 1.00 e. The van der Waals surface area contributed by atoms with Crippen LogP contribution < -0.4 is 29.6 Å². The molecule has 2 aliphatic carbocycles. The summed E-state index contributed by atoms with van der Waals surface area (Å²) in [6.07, 6.45) is 15.0. The van der Waals surface area contributed by atoms with Crippen LogP contribution in [0.3, 0.4) is 0 Å². The van der Waals surface area contributed by atoms with E-state index in [4.69, 9.17) is 9.57 Å². The fourth-order valence-corrected chi connectivity index (χ4v) is 4.51. The molecule has 0 amide bonds. The average Bonchev–Trinajstić information content (AvgIpc) is 2.60. The number of alkyl halides is 1. The molecule has 1 unspecified atom stereocenters. The summed E-state index contributed by atoms with van der Waals surface area (Å²) in [6, 6.07) is 0. The van der Waals surface area contributed by atoms with Crippen LogP contribution in [0.4, 0.5) is 0 Å². The number of carbonyl (C=O) groups excluding carboxylic acids is 1. The fourth-order valence-electron chi connectivity index (χ4n) is 3.81. The molecule has 1 atom stereocenters. The van der Waals surface area contributed by atoms with Gasteiger partial charge in [0.25, 0.3) is 0 Å². The molecule has 2 saturated carbocycles. The molecular formula is C19H33BrNNaO3. The van der Waals surface area contributed by atoms with Crippen LogP contribution in [0.2, 0.25) is 0 Å². The maximum atomic E-state index is 12.0. The van der Waals surface area contributed by atoms with Gasteiger partial charge in [-0.3, -0.25) is 0 Å². The predicted molar refractivity (Wildman–Crippen MR) is 101 cm³/mol. The zero-order chi connectivity index (χ0) is 17.2. The van der Waals surface area contributed by atoms with Crippen LogP contribution in [-0.2, 0) is 14.4 Å². The summed E-state index contributed by atoms with van der Waals surface area (Å²) in [4.78, 5) is 17.4. The van der Waals surface area contributed by atoms with Crippen LogP contribution in [0.1, 0.15) is 85.4 Å². The second-order valence-electron chi connectivity index (χ2n) is 7.36. The van der Waals surface area contributed by atoms with Crippen molar-refractivity contribution in [2.24, 2.45) is 17.0 Å². The normalized spacial score (nSPS) is 21.3. The van der Waals surface area contributed by atoms with Gasteiger partial charge in [0.15, 0.2) is 10.7 Å². The van der Waals surface area contributed by atoms with E-state index in [2.05, 4.69) is 21.1 Å². The van der Waals surface area contributed by atoms with Crippen molar-refractivity contribution >= 4 is 27.6 Å². The maximum Gasteiger partial charge on any atom is 1.00 e. The molecule has 2 aliphatic rings. The van der Waals surface area contributed by atoms with Gasteiger partial charge in [0, 0.05) is 0 Å². The van der Waals surface area contributed by atoms with E-state index in [1.54, 1.807) is 6.92 Å². The third kappa shape index (κ3) is 9.78. The Morgan fingerprint density at radius 3 is 2.24 bits per heavy atom. The number of hydrogen-bond acceptors (Lipinski definition) is 4. The summed E-state index contributed by atoms with van der Waals surface area (Å²) < 4.78 is 5.43. The van der Waals surface area contributed by atoms with Gasteiger partial charge in [0.2, 0.25) is 0 Å². The van der Waals surface area contributed by atoms with Crippen LogP contribution in [0.15, 0.2) is 5.16 Å². The molecular weight excluding hydrogens is 393 g/mol. The zero-order valence-corrected chi connectivity index (χ0v) is 19.6. The number of rotatable bonds is 8. The first-order chi connectivity index (χ1) is 11.6. The number of carbonyl (C=O) groups is 1. The Morgan fingerprint density at radius 1 is 1.08 bits per heavy atom. The molecule has 6 heteroatoms. The molecule has 25 heavy (non-hydrogen) atoms. The van der Waals surface area contributed by atoms with Gasteiger partial charge in [0.1, 0.15) is 6.61 Å². The molecule has 0 aromatic carbocycles. The molecule has 0 radical (unpaired) electrons. The minimum Gasteiger partial charge on any atom is -1.00 e. The number of oxime groups is 1. The molecule has 4 nitrogen and oxygen atoms in total. The van der Waals surface area contributed by atoms with Gasteiger partial charge in [-0.2, -0.15) is 0 Å². The van der Waals surface area contributed by atoms with Crippen molar-refractivity contribution in [1.29, 1.82) is 0 Å². The van der Waals surface area contributed by atoms with Gasteiger partial charge in [0.05, 0.1) is 0 Å². The molecule has 0 N–H and O–H groups in total. The van der Waals surface area contributed by atoms with E-state index < -0.39 is 0 Å². The van der Waals surface area contributed by atoms with Crippen molar-refractivity contribution in [3.63, 3.8) is 0 Å². The van der Waals surface area contributed by atoms with Gasteiger partial charge in [-0.15, -0.1) is 0 Å². The monoisotopic (exact) mass is 425 g/mol. The number of halogens is 1. The van der Waals surface area contributed by atoms with Crippen molar-refractivity contribution in [2.45, 2.75) is 89.0 Å². The molecule has 0 aromatic rings. The first-order valence-electron chi connectivity index (χ1n) is 9.66.